The molecule has 0 saturated carbocycles. The molecule has 0 fully saturated rings. The van der Waals surface area contributed by atoms with E-state index in [2.05, 4.69) is 22.4 Å². The molecule has 41 heavy (non-hydrogen) atoms. The van der Waals surface area contributed by atoms with Gasteiger partial charge in [0.25, 0.3) is 5.69 Å². The Hall–Kier alpha value is -3.27. The molecule has 3 aromatic rings. The van der Waals surface area contributed by atoms with E-state index in [4.69, 9.17) is 0 Å². The van der Waals surface area contributed by atoms with Gasteiger partial charge in [-0.2, -0.15) is 0 Å². The number of rotatable bonds is 19. The maximum Gasteiger partial charge on any atom is 0.269 e. The second-order valence-electron chi connectivity index (χ2n) is 10.4. The van der Waals surface area contributed by atoms with Crippen molar-refractivity contribution in [1.82, 2.24) is 20.1 Å². The first-order valence-electron chi connectivity index (χ1n) is 14.8. The maximum atomic E-state index is 13.3. The fourth-order valence-electron chi connectivity index (χ4n) is 4.68. The zero-order chi connectivity index (χ0) is 29.5. The Morgan fingerprint density at radius 1 is 0.927 bits per heavy atom. The van der Waals surface area contributed by atoms with Crippen molar-refractivity contribution in [3.8, 4) is 5.69 Å². The molecule has 1 unspecified atom stereocenters. The summed E-state index contributed by atoms with van der Waals surface area (Å²) in [7, 11) is 0. The Kier molecular flexibility index (Phi) is 13.8. The van der Waals surface area contributed by atoms with Gasteiger partial charge in [-0.25, -0.2) is 4.39 Å². The Morgan fingerprint density at radius 2 is 1.51 bits per heavy atom. The summed E-state index contributed by atoms with van der Waals surface area (Å²) in [4.78, 5) is 23.4. The largest absolute Gasteiger partial charge is 0.346 e. The molecule has 222 valence electrons. The van der Waals surface area contributed by atoms with Crippen LogP contribution in [0.4, 0.5) is 10.1 Å². The van der Waals surface area contributed by atoms with Crippen LogP contribution in [0.15, 0.2) is 53.7 Å². The van der Waals surface area contributed by atoms with Crippen LogP contribution < -0.4 is 5.32 Å². The molecule has 1 amide bonds. The number of nitrogens with one attached hydrogen (secondary N) is 1. The molecule has 0 spiro atoms. The normalized spacial score (nSPS) is 11.9. The lowest BCUT2D eigenvalue weighted by Gasteiger charge is -2.16. The van der Waals surface area contributed by atoms with Crippen LogP contribution in [0.2, 0.25) is 0 Å². The smallest absolute Gasteiger partial charge is 0.269 e. The van der Waals surface area contributed by atoms with Crippen molar-refractivity contribution < 1.29 is 14.1 Å². The Morgan fingerprint density at radius 3 is 2.10 bits per heavy atom. The van der Waals surface area contributed by atoms with Crippen molar-refractivity contribution in [3.05, 3.63) is 75.9 Å². The van der Waals surface area contributed by atoms with Gasteiger partial charge >= 0.3 is 0 Å². The number of non-ortho nitro benzene ring substituents is 1. The summed E-state index contributed by atoms with van der Waals surface area (Å²) in [6.45, 7) is 4.10. The second-order valence-corrected chi connectivity index (χ2v) is 11.4. The van der Waals surface area contributed by atoms with E-state index in [1.807, 2.05) is 11.5 Å². The van der Waals surface area contributed by atoms with Crippen molar-refractivity contribution in [1.29, 1.82) is 0 Å². The number of benzene rings is 2. The highest BCUT2D eigenvalue weighted by molar-refractivity contribution is 7.98. The van der Waals surface area contributed by atoms with Crippen LogP contribution in [-0.4, -0.2) is 25.6 Å². The number of carbonyl (C=O) groups is 1. The first-order valence-corrected chi connectivity index (χ1v) is 15.7. The van der Waals surface area contributed by atoms with Crippen LogP contribution in [0.25, 0.3) is 5.69 Å². The number of unbranched alkanes of at least 4 members (excludes halogenated alkanes) is 10. The summed E-state index contributed by atoms with van der Waals surface area (Å²) in [6.07, 6.45) is 14.0. The Balaban J connectivity index is 1.55. The van der Waals surface area contributed by atoms with E-state index in [0.717, 1.165) is 24.8 Å². The van der Waals surface area contributed by atoms with Gasteiger partial charge in [-0.15, -0.1) is 10.2 Å². The lowest BCUT2D eigenvalue weighted by atomic mass is 10.1. The molecular formula is C31H42FN5O3S. The molecule has 1 aromatic heterocycles. The highest BCUT2D eigenvalue weighted by Crippen LogP contribution is 2.28. The zero-order valence-corrected chi connectivity index (χ0v) is 25.0. The van der Waals surface area contributed by atoms with E-state index in [9.17, 15) is 19.3 Å². The standard InChI is InChI=1S/C31H42FN5O3S/c1-3-4-5-6-7-8-9-10-11-12-13-14-29(38)33-24(2)30-34-35-31(41-23-25-15-17-26(32)18-16-25)36(30)27-19-21-28(22-20-27)37(39)40/h15-22,24H,3-14,23H2,1-2H3,(H,33,38). The molecule has 0 saturated heterocycles. The summed E-state index contributed by atoms with van der Waals surface area (Å²) in [5.74, 6) is 0.734. The fraction of sp³-hybridized carbons (Fsp3) is 0.516. The molecule has 0 aliphatic heterocycles. The fourth-order valence-corrected chi connectivity index (χ4v) is 5.59. The number of aromatic nitrogens is 3. The zero-order valence-electron chi connectivity index (χ0n) is 24.2. The van der Waals surface area contributed by atoms with Gasteiger partial charge in [0.15, 0.2) is 11.0 Å². The summed E-state index contributed by atoms with van der Waals surface area (Å²) in [5.41, 5.74) is 1.56. The molecular weight excluding hydrogens is 541 g/mol. The first kappa shape index (κ1) is 32.2. The van der Waals surface area contributed by atoms with Crippen LogP contribution in [0.3, 0.4) is 0 Å². The minimum absolute atomic E-state index is 0.0165. The molecule has 0 bridgehead atoms. The highest BCUT2D eigenvalue weighted by Gasteiger charge is 2.21. The molecule has 1 N–H and O–H groups in total. The average Bonchev–Trinajstić information content (AvgIpc) is 3.40. The Bertz CT molecular complexity index is 1220. The number of hydrogen-bond acceptors (Lipinski definition) is 6. The van der Waals surface area contributed by atoms with E-state index in [0.29, 0.717) is 28.8 Å². The van der Waals surface area contributed by atoms with Gasteiger partial charge in [-0.1, -0.05) is 95.0 Å². The average molecular weight is 584 g/mol. The van der Waals surface area contributed by atoms with E-state index >= 15 is 0 Å². The number of thioether (sulfide) groups is 1. The molecule has 0 aliphatic rings. The first-order chi connectivity index (χ1) is 19.9. The topological polar surface area (TPSA) is 103 Å². The second kappa shape index (κ2) is 17.5. The van der Waals surface area contributed by atoms with Gasteiger partial charge in [-0.3, -0.25) is 19.5 Å². The SMILES string of the molecule is CCCCCCCCCCCCCC(=O)NC(C)c1nnc(SCc2ccc(F)cc2)n1-c1ccc([N+](=O)[O-])cc1. The molecule has 0 aliphatic carbocycles. The van der Waals surface area contributed by atoms with E-state index in [-0.39, 0.29) is 17.4 Å². The van der Waals surface area contributed by atoms with Crippen LogP contribution in [0.1, 0.15) is 108 Å². The van der Waals surface area contributed by atoms with E-state index in [1.54, 1.807) is 24.3 Å². The summed E-state index contributed by atoms with van der Waals surface area (Å²) < 4.78 is 15.1. The van der Waals surface area contributed by atoms with Crippen molar-refractivity contribution in [2.75, 3.05) is 0 Å². The number of amides is 1. The Labute approximate surface area is 246 Å². The van der Waals surface area contributed by atoms with Gasteiger partial charge in [0.2, 0.25) is 5.91 Å². The lowest BCUT2D eigenvalue weighted by molar-refractivity contribution is -0.384. The highest BCUT2D eigenvalue weighted by atomic mass is 32.2. The van der Waals surface area contributed by atoms with Gasteiger partial charge < -0.3 is 5.32 Å². The number of nitrogens with zero attached hydrogens (tertiary/aromatic N) is 4. The number of hydrogen-bond donors (Lipinski definition) is 1. The third-order valence-corrected chi connectivity index (χ3v) is 8.03. The van der Waals surface area contributed by atoms with Crippen LogP contribution in [0, 0.1) is 15.9 Å². The summed E-state index contributed by atoms with van der Waals surface area (Å²) >= 11 is 1.42. The predicted octanol–water partition coefficient (Wildman–Crippen LogP) is 8.49. The molecule has 10 heteroatoms. The summed E-state index contributed by atoms with van der Waals surface area (Å²) in [6, 6.07) is 12.0. The molecule has 1 heterocycles. The van der Waals surface area contributed by atoms with Gasteiger partial charge in [0.05, 0.1) is 11.0 Å². The lowest BCUT2D eigenvalue weighted by Crippen LogP contribution is -2.28. The van der Waals surface area contributed by atoms with Crippen molar-refractivity contribution in [3.63, 3.8) is 0 Å². The number of nitro groups is 1. The van der Waals surface area contributed by atoms with Gasteiger partial charge in [0.1, 0.15) is 5.82 Å². The predicted molar refractivity (Wildman–Crippen MR) is 162 cm³/mol. The minimum Gasteiger partial charge on any atom is -0.346 e. The monoisotopic (exact) mass is 583 g/mol. The quantitative estimate of drug-likeness (QED) is 0.0657. The minimum atomic E-state index is -0.446. The van der Waals surface area contributed by atoms with Crippen molar-refractivity contribution in [2.45, 2.75) is 108 Å². The van der Waals surface area contributed by atoms with Gasteiger partial charge in [-0.05, 0) is 43.2 Å². The maximum absolute atomic E-state index is 13.3. The van der Waals surface area contributed by atoms with Gasteiger partial charge in [0, 0.05) is 30.0 Å². The van der Waals surface area contributed by atoms with Crippen LogP contribution in [-0.2, 0) is 10.5 Å². The van der Waals surface area contributed by atoms with Crippen LogP contribution >= 0.6 is 11.8 Å². The van der Waals surface area contributed by atoms with Crippen molar-refractivity contribution in [2.24, 2.45) is 0 Å². The molecule has 3 rings (SSSR count). The van der Waals surface area contributed by atoms with E-state index < -0.39 is 11.0 Å². The molecule has 2 aromatic carbocycles. The number of nitro benzene ring substituents is 1. The van der Waals surface area contributed by atoms with Crippen molar-refractivity contribution >= 4 is 23.4 Å². The molecule has 8 nitrogen and oxygen atoms in total. The third kappa shape index (κ3) is 10.9. The third-order valence-electron chi connectivity index (χ3n) is 7.03. The molecule has 0 radical (unpaired) electrons. The summed E-state index contributed by atoms with van der Waals surface area (Å²) in [5, 5.41) is 23.5. The van der Waals surface area contributed by atoms with E-state index in [1.165, 1.54) is 87.4 Å². The van der Waals surface area contributed by atoms with Crippen LogP contribution in [0.5, 0.6) is 0 Å². The molecule has 1 atom stereocenters. The number of halogens is 1. The number of carbonyl (C=O) groups excluding carboxylic acids is 1.